The number of carbonyl (C=O) groups is 1. The highest BCUT2D eigenvalue weighted by atomic mass is 32.1. The number of hydrogen-bond acceptors (Lipinski definition) is 7. The number of furan rings is 2. The van der Waals surface area contributed by atoms with Crippen molar-refractivity contribution in [2.75, 3.05) is 4.90 Å². The van der Waals surface area contributed by atoms with Crippen molar-refractivity contribution in [1.29, 1.82) is 0 Å². The quantitative estimate of drug-likeness (QED) is 0.352. The number of rotatable bonds is 5. The zero-order valence-corrected chi connectivity index (χ0v) is 15.9. The lowest BCUT2D eigenvalue weighted by Gasteiger charge is -2.17. The van der Waals surface area contributed by atoms with Crippen LogP contribution in [0.5, 0.6) is 0 Å². The molecule has 9 heteroatoms. The Morgan fingerprint density at radius 1 is 1.21 bits per heavy atom. The third-order valence-electron chi connectivity index (χ3n) is 4.28. The molecule has 3 aromatic heterocycles. The van der Waals surface area contributed by atoms with Crippen molar-refractivity contribution in [3.05, 3.63) is 75.4 Å². The predicted octanol–water partition coefficient (Wildman–Crippen LogP) is 4.85. The Morgan fingerprint density at radius 2 is 2.00 bits per heavy atom. The third-order valence-corrected chi connectivity index (χ3v) is 5.50. The number of amides is 1. The van der Waals surface area contributed by atoms with Crippen LogP contribution in [-0.4, -0.2) is 15.8 Å². The van der Waals surface area contributed by atoms with Gasteiger partial charge >= 0.3 is 5.88 Å². The van der Waals surface area contributed by atoms with E-state index in [1.165, 1.54) is 28.6 Å². The Kier molecular flexibility index (Phi) is 4.44. The van der Waals surface area contributed by atoms with Crippen LogP contribution in [0.15, 0.2) is 51.5 Å². The van der Waals surface area contributed by atoms with Crippen LogP contribution in [0, 0.1) is 24.0 Å². The Morgan fingerprint density at radius 3 is 2.64 bits per heavy atom. The van der Waals surface area contributed by atoms with E-state index in [-0.39, 0.29) is 12.3 Å². The van der Waals surface area contributed by atoms with E-state index >= 15 is 0 Å². The van der Waals surface area contributed by atoms with Crippen LogP contribution in [0.1, 0.15) is 27.4 Å². The van der Waals surface area contributed by atoms with Gasteiger partial charge in [-0.25, -0.2) is 4.98 Å². The summed E-state index contributed by atoms with van der Waals surface area (Å²) in [7, 11) is 0. The zero-order chi connectivity index (χ0) is 19.8. The standard InChI is InChI=1S/C19H15N3O5S/c1-11-5-6-12(2)17-16(11)20-19(28-17)21(10-13-4-3-9-26-13)18(23)14-7-8-15(27-14)22(24)25/h3-9H,10H2,1-2H3. The fourth-order valence-electron chi connectivity index (χ4n) is 2.82. The van der Waals surface area contributed by atoms with Gasteiger partial charge in [0.15, 0.2) is 10.9 Å². The number of nitrogens with zero attached hydrogens (tertiary/aromatic N) is 3. The molecule has 0 atom stereocenters. The minimum atomic E-state index is -0.682. The molecule has 0 aliphatic rings. The van der Waals surface area contributed by atoms with E-state index in [4.69, 9.17) is 8.83 Å². The van der Waals surface area contributed by atoms with Crippen LogP contribution < -0.4 is 4.90 Å². The van der Waals surface area contributed by atoms with Crippen molar-refractivity contribution in [3.63, 3.8) is 0 Å². The molecular formula is C19H15N3O5S. The fraction of sp³-hybridized carbons (Fsp3) is 0.158. The van der Waals surface area contributed by atoms with Crippen molar-refractivity contribution < 1.29 is 18.6 Å². The molecule has 0 bridgehead atoms. The van der Waals surface area contributed by atoms with E-state index in [1.807, 2.05) is 26.0 Å². The summed E-state index contributed by atoms with van der Waals surface area (Å²) in [6.45, 7) is 4.07. The first kappa shape index (κ1) is 17.9. The molecule has 3 heterocycles. The third kappa shape index (κ3) is 3.16. The van der Waals surface area contributed by atoms with Crippen LogP contribution in [0.2, 0.25) is 0 Å². The molecule has 0 spiro atoms. The number of anilines is 1. The van der Waals surface area contributed by atoms with E-state index in [0.717, 1.165) is 27.4 Å². The Labute approximate surface area is 163 Å². The molecule has 4 rings (SSSR count). The Bertz CT molecular complexity index is 1140. The van der Waals surface area contributed by atoms with Gasteiger partial charge in [-0.05, 0) is 43.2 Å². The molecule has 142 valence electrons. The predicted molar refractivity (Wildman–Crippen MR) is 104 cm³/mol. The van der Waals surface area contributed by atoms with Gasteiger partial charge in [-0.3, -0.25) is 19.8 Å². The molecule has 0 unspecified atom stereocenters. The second-order valence-corrected chi connectivity index (χ2v) is 7.22. The molecule has 4 aromatic rings. The van der Waals surface area contributed by atoms with E-state index < -0.39 is 16.7 Å². The Hall–Kier alpha value is -3.46. The first-order chi connectivity index (χ1) is 13.4. The second-order valence-electron chi connectivity index (χ2n) is 6.24. The SMILES string of the molecule is Cc1ccc(C)c2sc(N(Cc3ccco3)C(=O)c3ccc([N+](=O)[O-])o3)nc12. The van der Waals surface area contributed by atoms with Gasteiger partial charge in [0.2, 0.25) is 0 Å². The molecule has 1 aromatic carbocycles. The van der Waals surface area contributed by atoms with Crippen molar-refractivity contribution in [1.82, 2.24) is 4.98 Å². The van der Waals surface area contributed by atoms with Gasteiger partial charge in [-0.15, -0.1) is 0 Å². The molecule has 8 nitrogen and oxygen atoms in total. The number of aromatic nitrogens is 1. The smallest absolute Gasteiger partial charge is 0.433 e. The largest absolute Gasteiger partial charge is 0.467 e. The minimum Gasteiger partial charge on any atom is -0.467 e. The van der Waals surface area contributed by atoms with Crippen LogP contribution in [-0.2, 0) is 6.54 Å². The second kappa shape index (κ2) is 6.93. The minimum absolute atomic E-state index is 0.123. The molecule has 0 saturated heterocycles. The van der Waals surface area contributed by atoms with Gasteiger partial charge in [0.25, 0.3) is 5.91 Å². The van der Waals surface area contributed by atoms with Crippen LogP contribution in [0.3, 0.4) is 0 Å². The number of nitro groups is 1. The molecule has 28 heavy (non-hydrogen) atoms. The number of fused-ring (bicyclic) bond motifs is 1. The van der Waals surface area contributed by atoms with Crippen LogP contribution >= 0.6 is 11.3 Å². The zero-order valence-electron chi connectivity index (χ0n) is 15.0. The molecule has 0 N–H and O–H groups in total. The van der Waals surface area contributed by atoms with E-state index in [2.05, 4.69) is 4.98 Å². The highest BCUT2D eigenvalue weighted by molar-refractivity contribution is 7.22. The van der Waals surface area contributed by atoms with E-state index in [0.29, 0.717) is 10.9 Å². The molecule has 0 aliphatic heterocycles. The molecule has 0 fully saturated rings. The average Bonchev–Trinajstić information content (AvgIpc) is 3.42. The maximum Gasteiger partial charge on any atom is 0.433 e. The summed E-state index contributed by atoms with van der Waals surface area (Å²) in [6.07, 6.45) is 1.52. The van der Waals surface area contributed by atoms with Crippen molar-refractivity contribution in [3.8, 4) is 0 Å². The van der Waals surface area contributed by atoms with E-state index in [1.54, 1.807) is 12.1 Å². The van der Waals surface area contributed by atoms with Gasteiger partial charge < -0.3 is 8.83 Å². The lowest BCUT2D eigenvalue weighted by molar-refractivity contribution is -0.402. The topological polar surface area (TPSA) is 103 Å². The summed E-state index contributed by atoms with van der Waals surface area (Å²) < 4.78 is 11.5. The first-order valence-electron chi connectivity index (χ1n) is 8.39. The van der Waals surface area contributed by atoms with Crippen LogP contribution in [0.4, 0.5) is 11.0 Å². The van der Waals surface area contributed by atoms with Gasteiger partial charge in [-0.1, -0.05) is 23.5 Å². The lowest BCUT2D eigenvalue weighted by Crippen LogP contribution is -2.29. The average molecular weight is 397 g/mol. The van der Waals surface area contributed by atoms with Gasteiger partial charge in [-0.2, -0.15) is 0 Å². The fourth-order valence-corrected chi connectivity index (χ4v) is 3.93. The maximum absolute atomic E-state index is 13.1. The van der Waals surface area contributed by atoms with Crippen molar-refractivity contribution in [2.45, 2.75) is 20.4 Å². The number of hydrogen-bond donors (Lipinski definition) is 0. The Balaban J connectivity index is 1.79. The number of benzene rings is 1. The lowest BCUT2D eigenvalue weighted by atomic mass is 10.1. The summed E-state index contributed by atoms with van der Waals surface area (Å²) in [5.74, 6) is -0.593. The maximum atomic E-state index is 13.1. The number of carbonyl (C=O) groups excluding carboxylic acids is 1. The monoisotopic (exact) mass is 397 g/mol. The summed E-state index contributed by atoms with van der Waals surface area (Å²) in [6, 6.07) is 9.91. The molecule has 1 amide bonds. The summed E-state index contributed by atoms with van der Waals surface area (Å²) in [5.41, 5.74) is 2.88. The van der Waals surface area contributed by atoms with Crippen LogP contribution in [0.25, 0.3) is 10.2 Å². The first-order valence-corrected chi connectivity index (χ1v) is 9.21. The van der Waals surface area contributed by atoms with Crippen molar-refractivity contribution in [2.24, 2.45) is 0 Å². The van der Waals surface area contributed by atoms with E-state index in [9.17, 15) is 14.9 Å². The summed E-state index contributed by atoms with van der Waals surface area (Å²) in [5, 5.41) is 11.4. The van der Waals surface area contributed by atoms with Gasteiger partial charge in [0, 0.05) is 0 Å². The highest BCUT2D eigenvalue weighted by Gasteiger charge is 2.27. The molecule has 0 radical (unpaired) electrons. The van der Waals surface area contributed by atoms with Crippen molar-refractivity contribution >= 4 is 38.5 Å². The van der Waals surface area contributed by atoms with Gasteiger partial charge in [0.1, 0.15) is 10.7 Å². The molecular weight excluding hydrogens is 382 g/mol. The number of thiazole rings is 1. The molecule has 0 saturated carbocycles. The normalized spacial score (nSPS) is 11.1. The summed E-state index contributed by atoms with van der Waals surface area (Å²) >= 11 is 1.38. The van der Waals surface area contributed by atoms with Gasteiger partial charge in [0.05, 0.1) is 29.1 Å². The highest BCUT2D eigenvalue weighted by Crippen LogP contribution is 2.34. The number of aryl methyl sites for hydroxylation is 2. The summed E-state index contributed by atoms with van der Waals surface area (Å²) in [4.78, 5) is 29.3. The molecule has 0 aliphatic carbocycles.